The molecule has 21 heavy (non-hydrogen) atoms. The highest BCUT2D eigenvalue weighted by Gasteiger charge is 2.24. The monoisotopic (exact) mass is 319 g/mol. The number of carbonyl (C=O) groups excluding carboxylic acids is 1. The number of sulfonamides is 1. The molecule has 1 rings (SSSR count). The molecule has 0 saturated heterocycles. The Hall–Kier alpha value is -1.94. The van der Waals surface area contributed by atoms with E-state index in [9.17, 15) is 18.0 Å². The molecule has 1 atom stereocenters. The number of hydrogen-bond donors (Lipinski definition) is 2. The minimum absolute atomic E-state index is 0.0539. The van der Waals surface area contributed by atoms with E-state index in [1.54, 1.807) is 6.92 Å². The Labute approximate surface area is 121 Å². The van der Waals surface area contributed by atoms with Gasteiger partial charge in [-0.1, -0.05) is 0 Å². The number of carboxylic acids is 1. The molecule has 1 aromatic rings. The molecule has 0 spiro atoms. The normalized spacial score (nSPS) is 12.9. The van der Waals surface area contributed by atoms with Crippen molar-refractivity contribution in [2.24, 2.45) is 0 Å². The Kier molecular flexibility index (Phi) is 5.85. The van der Waals surface area contributed by atoms with Crippen LogP contribution >= 0.6 is 0 Å². The molecule has 0 aliphatic carbocycles. The molecule has 0 aliphatic rings. The van der Waals surface area contributed by atoms with Crippen molar-refractivity contribution in [3.63, 3.8) is 0 Å². The first-order valence-electron chi connectivity index (χ1n) is 6.19. The van der Waals surface area contributed by atoms with Crippen LogP contribution in [0.2, 0.25) is 0 Å². The first-order chi connectivity index (χ1) is 9.76. The highest BCUT2D eigenvalue weighted by molar-refractivity contribution is 7.89. The second-order valence-electron chi connectivity index (χ2n) is 4.18. The predicted molar refractivity (Wildman–Crippen MR) is 70.9 cm³/mol. The van der Waals surface area contributed by atoms with Crippen LogP contribution in [0.25, 0.3) is 0 Å². The van der Waals surface area contributed by atoms with Crippen molar-refractivity contribution < 1.29 is 27.9 Å². The van der Waals surface area contributed by atoms with Gasteiger partial charge in [0.2, 0.25) is 10.0 Å². The average molecular weight is 319 g/mol. The third-order valence-electron chi connectivity index (χ3n) is 2.45. The van der Waals surface area contributed by atoms with Gasteiger partial charge in [-0.15, -0.1) is 0 Å². The average Bonchev–Trinajstić information content (AvgIpc) is 2.85. The summed E-state index contributed by atoms with van der Waals surface area (Å²) in [6, 6.07) is -1.03. The molecule has 0 amide bonds. The number of aromatic nitrogens is 2. The molecule has 0 aromatic carbocycles. The maximum atomic E-state index is 12.0. The molecule has 0 saturated carbocycles. The second kappa shape index (κ2) is 7.18. The van der Waals surface area contributed by atoms with Gasteiger partial charge in [0.1, 0.15) is 10.9 Å². The van der Waals surface area contributed by atoms with Gasteiger partial charge in [0.15, 0.2) is 0 Å². The fourth-order valence-electron chi connectivity index (χ4n) is 1.43. The second-order valence-corrected chi connectivity index (χ2v) is 5.89. The number of aryl methyl sites for hydroxylation is 1. The van der Waals surface area contributed by atoms with E-state index in [1.165, 1.54) is 17.8 Å². The first-order valence-corrected chi connectivity index (χ1v) is 7.67. The van der Waals surface area contributed by atoms with Crippen molar-refractivity contribution in [2.75, 3.05) is 6.61 Å². The third-order valence-corrected chi connectivity index (χ3v) is 3.94. The van der Waals surface area contributed by atoms with Gasteiger partial charge in [-0.2, -0.15) is 9.82 Å². The summed E-state index contributed by atoms with van der Waals surface area (Å²) >= 11 is 0. The Bertz CT molecular complexity index is 609. The van der Waals surface area contributed by atoms with E-state index in [2.05, 4.69) is 9.82 Å². The molecular weight excluding hydrogens is 302 g/mol. The van der Waals surface area contributed by atoms with Crippen LogP contribution in [0.1, 0.15) is 20.3 Å². The lowest BCUT2D eigenvalue weighted by atomic mass is 10.4. The van der Waals surface area contributed by atoms with E-state index < -0.39 is 28.0 Å². The molecular formula is C11H17N3O6S. The number of nitrogens with zero attached hydrogens (tertiary/aromatic N) is 2. The zero-order valence-electron chi connectivity index (χ0n) is 11.6. The zero-order chi connectivity index (χ0) is 16.0. The summed E-state index contributed by atoms with van der Waals surface area (Å²) in [7, 11) is -3.92. The summed E-state index contributed by atoms with van der Waals surface area (Å²) in [4.78, 5) is 21.7. The van der Waals surface area contributed by atoms with Gasteiger partial charge < -0.3 is 9.84 Å². The molecule has 1 aromatic heterocycles. The summed E-state index contributed by atoms with van der Waals surface area (Å²) in [5.74, 6) is -1.69. The Morgan fingerprint density at radius 2 is 2.19 bits per heavy atom. The first kappa shape index (κ1) is 17.1. The van der Waals surface area contributed by atoms with E-state index in [4.69, 9.17) is 9.84 Å². The standard InChI is InChI=1S/C11H17N3O6S/c1-3-20-11(17)8(2)13-21(18,19)9-6-12-14(7-9)5-4-10(15)16/h6-8,13H,3-5H2,1-2H3,(H,15,16). The van der Waals surface area contributed by atoms with Crippen molar-refractivity contribution in [3.8, 4) is 0 Å². The van der Waals surface area contributed by atoms with Crippen molar-refractivity contribution >= 4 is 22.0 Å². The van der Waals surface area contributed by atoms with Gasteiger partial charge in [0.05, 0.1) is 25.8 Å². The topological polar surface area (TPSA) is 128 Å². The number of aliphatic carboxylic acids is 1. The van der Waals surface area contributed by atoms with Gasteiger partial charge in [0, 0.05) is 6.20 Å². The molecule has 118 valence electrons. The largest absolute Gasteiger partial charge is 0.481 e. The van der Waals surface area contributed by atoms with Gasteiger partial charge >= 0.3 is 11.9 Å². The highest BCUT2D eigenvalue weighted by Crippen LogP contribution is 2.08. The van der Waals surface area contributed by atoms with Crippen LogP contribution in [0, 0.1) is 0 Å². The van der Waals surface area contributed by atoms with Crippen LogP contribution < -0.4 is 4.72 Å². The molecule has 0 bridgehead atoms. The number of esters is 1. The lowest BCUT2D eigenvalue weighted by Gasteiger charge is -2.11. The van der Waals surface area contributed by atoms with E-state index >= 15 is 0 Å². The number of nitrogens with one attached hydrogen (secondary N) is 1. The maximum Gasteiger partial charge on any atom is 0.323 e. The summed E-state index contributed by atoms with van der Waals surface area (Å²) < 4.78 is 32.1. The fourth-order valence-corrected chi connectivity index (χ4v) is 2.58. The maximum absolute atomic E-state index is 12.0. The van der Waals surface area contributed by atoms with Crippen LogP contribution in [0.3, 0.4) is 0 Å². The van der Waals surface area contributed by atoms with Crippen LogP contribution in [0.4, 0.5) is 0 Å². The molecule has 9 nitrogen and oxygen atoms in total. The van der Waals surface area contributed by atoms with Gasteiger partial charge in [-0.05, 0) is 13.8 Å². The fraction of sp³-hybridized carbons (Fsp3) is 0.545. The number of carbonyl (C=O) groups is 2. The van der Waals surface area contributed by atoms with Crippen LogP contribution in [0.15, 0.2) is 17.3 Å². The third kappa shape index (κ3) is 5.16. The van der Waals surface area contributed by atoms with Crippen molar-refractivity contribution in [3.05, 3.63) is 12.4 Å². The van der Waals surface area contributed by atoms with E-state index in [0.717, 1.165) is 6.20 Å². The molecule has 0 radical (unpaired) electrons. The molecule has 0 aliphatic heterocycles. The highest BCUT2D eigenvalue weighted by atomic mass is 32.2. The molecule has 10 heteroatoms. The van der Waals surface area contributed by atoms with Gasteiger partial charge in [0.25, 0.3) is 0 Å². The summed E-state index contributed by atoms with van der Waals surface area (Å²) in [5.41, 5.74) is 0. The van der Waals surface area contributed by atoms with E-state index in [0.29, 0.717) is 0 Å². The Morgan fingerprint density at radius 3 is 2.76 bits per heavy atom. The summed E-state index contributed by atoms with van der Waals surface area (Å²) in [6.07, 6.45) is 2.11. The number of hydrogen-bond acceptors (Lipinski definition) is 6. The van der Waals surface area contributed by atoms with Crippen molar-refractivity contribution in [1.82, 2.24) is 14.5 Å². The smallest absolute Gasteiger partial charge is 0.323 e. The van der Waals surface area contributed by atoms with Crippen LogP contribution in [-0.4, -0.2) is 47.9 Å². The summed E-state index contributed by atoms with van der Waals surface area (Å²) in [6.45, 7) is 3.19. The van der Waals surface area contributed by atoms with Gasteiger partial charge in [-0.25, -0.2) is 8.42 Å². The SMILES string of the molecule is CCOC(=O)C(C)NS(=O)(=O)c1cnn(CCC(=O)O)c1. The zero-order valence-corrected chi connectivity index (χ0v) is 12.5. The number of ether oxygens (including phenoxy) is 1. The Morgan fingerprint density at radius 1 is 1.52 bits per heavy atom. The Balaban J connectivity index is 2.74. The summed E-state index contributed by atoms with van der Waals surface area (Å²) in [5, 5.41) is 12.3. The van der Waals surface area contributed by atoms with Crippen LogP contribution in [-0.2, 0) is 30.9 Å². The number of rotatable bonds is 8. The van der Waals surface area contributed by atoms with Crippen LogP contribution in [0.5, 0.6) is 0 Å². The molecule has 1 unspecified atom stereocenters. The van der Waals surface area contributed by atoms with Crippen molar-refractivity contribution in [1.29, 1.82) is 0 Å². The van der Waals surface area contributed by atoms with Gasteiger partial charge in [-0.3, -0.25) is 14.3 Å². The molecule has 2 N–H and O–H groups in total. The van der Waals surface area contributed by atoms with Crippen molar-refractivity contribution in [2.45, 2.75) is 37.8 Å². The lowest BCUT2D eigenvalue weighted by Crippen LogP contribution is -2.39. The lowest BCUT2D eigenvalue weighted by molar-refractivity contribution is -0.144. The van der Waals surface area contributed by atoms with E-state index in [1.807, 2.05) is 0 Å². The quantitative estimate of drug-likeness (QED) is 0.623. The number of carboxylic acid groups (broad SMARTS) is 1. The van der Waals surface area contributed by atoms with E-state index in [-0.39, 0.29) is 24.5 Å². The molecule has 1 heterocycles. The minimum Gasteiger partial charge on any atom is -0.481 e. The molecule has 0 fully saturated rings. The predicted octanol–water partition coefficient (Wildman–Crippen LogP) is -0.412. The minimum atomic E-state index is -3.92.